The molecule has 77 heavy (non-hydrogen) atoms. The maximum Gasteiger partial charge on any atom is 2.00 e. The molecule has 5 nitrogen and oxygen atoms in total. The summed E-state index contributed by atoms with van der Waals surface area (Å²) in [5, 5.41) is 4.52. The first-order chi connectivity index (χ1) is 36.7. The van der Waals surface area contributed by atoms with Crippen LogP contribution >= 0.6 is 0 Å². The summed E-state index contributed by atoms with van der Waals surface area (Å²) in [6.45, 7) is 18.2. The van der Waals surface area contributed by atoms with Gasteiger partial charge < -0.3 is 9.55 Å². The summed E-state index contributed by atoms with van der Waals surface area (Å²) in [5.41, 5.74) is 18.9. The first-order valence-electron chi connectivity index (χ1n) is 26.5. The fraction of sp³-hybridized carbons (Fsp3) is 0.155. The molecule has 0 aliphatic rings. The summed E-state index contributed by atoms with van der Waals surface area (Å²) >= 11 is 0. The van der Waals surface area contributed by atoms with Gasteiger partial charge in [0.2, 0.25) is 0 Å². The van der Waals surface area contributed by atoms with Gasteiger partial charge in [-0.15, -0.1) is 34.8 Å². The molecule has 0 saturated heterocycles. The van der Waals surface area contributed by atoms with Crippen LogP contribution in [0.3, 0.4) is 0 Å². The summed E-state index contributed by atoms with van der Waals surface area (Å²) in [4.78, 5) is 16.4. The van der Waals surface area contributed by atoms with Crippen molar-refractivity contribution in [3.8, 4) is 56.3 Å². The monoisotopic (exact) mass is 1180 g/mol. The fourth-order valence-corrected chi connectivity index (χ4v) is 11.3. The minimum absolute atomic E-state index is 0. The third kappa shape index (κ3) is 8.62. The number of hydrogen-bond donors (Lipinski definition) is 0. The Morgan fingerprint density at radius 3 is 1.83 bits per heavy atom. The molecule has 378 valence electrons. The van der Waals surface area contributed by atoms with Crippen molar-refractivity contribution >= 4 is 54.6 Å². The Hall–Kier alpha value is -8.11. The van der Waals surface area contributed by atoms with Crippen molar-refractivity contribution in [1.29, 1.82) is 0 Å². The molecular weight excluding hydrogens is 1120 g/mol. The molecule has 0 N–H and O–H groups in total. The van der Waals surface area contributed by atoms with E-state index in [0.29, 0.717) is 0 Å². The first-order valence-corrected chi connectivity index (χ1v) is 26.5. The quantitative estimate of drug-likeness (QED) is 0.142. The maximum absolute atomic E-state index is 5.87. The Morgan fingerprint density at radius 2 is 1.10 bits per heavy atom. The molecule has 0 aliphatic carbocycles. The van der Waals surface area contributed by atoms with Crippen LogP contribution in [0.15, 0.2) is 212 Å². The predicted molar refractivity (Wildman–Crippen MR) is 318 cm³/mol. The van der Waals surface area contributed by atoms with Gasteiger partial charge in [0.1, 0.15) is 11.6 Å². The number of hydrogen-bond acceptors (Lipinski definition) is 2. The van der Waals surface area contributed by atoms with Crippen molar-refractivity contribution in [1.82, 2.24) is 24.1 Å². The Labute approximate surface area is 465 Å². The van der Waals surface area contributed by atoms with Gasteiger partial charge in [0, 0.05) is 28.4 Å². The maximum atomic E-state index is 5.87. The van der Waals surface area contributed by atoms with Gasteiger partial charge in [0.25, 0.3) is 0 Å². The van der Waals surface area contributed by atoms with Crippen LogP contribution in [-0.4, -0.2) is 19.1 Å². The van der Waals surface area contributed by atoms with E-state index in [4.69, 9.17) is 15.0 Å². The number of para-hydroxylation sites is 1. The normalized spacial score (nSPS) is 12.3. The summed E-state index contributed by atoms with van der Waals surface area (Å²) < 4.78 is 4.67. The number of nitrogens with zero attached hydrogens (tertiary/aromatic N) is 5. The smallest absolute Gasteiger partial charge is 0.656 e. The molecule has 0 unspecified atom stereocenters. The second kappa shape index (κ2) is 18.9. The minimum Gasteiger partial charge on any atom is -0.656 e. The largest absolute Gasteiger partial charge is 2.00 e. The van der Waals surface area contributed by atoms with Crippen LogP contribution in [0.5, 0.6) is 0 Å². The predicted octanol–water partition coefficient (Wildman–Crippen LogP) is 18.2. The van der Waals surface area contributed by atoms with E-state index >= 15 is 0 Å². The van der Waals surface area contributed by atoms with E-state index in [2.05, 4.69) is 277 Å². The summed E-state index contributed by atoms with van der Waals surface area (Å²) in [6, 6.07) is 78.9. The second-order valence-corrected chi connectivity index (χ2v) is 23.1. The van der Waals surface area contributed by atoms with E-state index in [1.165, 1.54) is 33.4 Å². The summed E-state index contributed by atoms with van der Waals surface area (Å²) in [7, 11) is 0. The van der Waals surface area contributed by atoms with Crippen molar-refractivity contribution in [3.63, 3.8) is 0 Å². The number of imidazole rings is 1. The Bertz CT molecular complexity index is 4370. The standard InChI is InChI=1S/C71H59N5.Pt/c1-69(2,3)51-32-34-61-57(43-51)59-39-49(46-22-14-10-15-23-46)40-60(66(59)73-61)68-74-67-55(28-19-29-63(67)75(68)54-27-18-26-53(42-54)71(7,8)50-24-16-11-17-25-50)48-30-33-56-58-38-47(45-20-12-9-13-21-45)31-35-62(58)76(64(56)41-48)65-44-52(36-37-72-65)70(4,5)6;/h9-40,42-44H,1-8H3;/q-2;+2. The van der Waals surface area contributed by atoms with Gasteiger partial charge in [-0.25, -0.2) is 9.97 Å². The molecular formula is C71H59N5Pt. The minimum atomic E-state index is -0.277. The summed E-state index contributed by atoms with van der Waals surface area (Å²) in [5.74, 6) is 1.69. The number of benzene rings is 9. The second-order valence-electron chi connectivity index (χ2n) is 23.1. The van der Waals surface area contributed by atoms with Gasteiger partial charge in [0.05, 0.1) is 11.0 Å². The van der Waals surface area contributed by atoms with E-state index in [1.807, 2.05) is 6.20 Å². The van der Waals surface area contributed by atoms with E-state index < -0.39 is 0 Å². The molecule has 13 aromatic rings. The zero-order chi connectivity index (χ0) is 52.1. The zero-order valence-electron chi connectivity index (χ0n) is 44.8. The average molecular weight is 1180 g/mol. The number of fused-ring (bicyclic) bond motifs is 7. The molecule has 0 aliphatic heterocycles. The van der Waals surface area contributed by atoms with E-state index in [9.17, 15) is 0 Å². The molecule has 0 amide bonds. The topological polar surface area (TPSA) is 49.7 Å². The van der Waals surface area contributed by atoms with Gasteiger partial charge in [-0.3, -0.25) is 4.57 Å². The van der Waals surface area contributed by atoms with E-state index in [0.717, 1.165) is 99.8 Å². The van der Waals surface area contributed by atoms with Gasteiger partial charge in [0.15, 0.2) is 0 Å². The van der Waals surface area contributed by atoms with Gasteiger partial charge >= 0.3 is 21.1 Å². The van der Waals surface area contributed by atoms with Crippen LogP contribution in [-0.2, 0) is 37.3 Å². The van der Waals surface area contributed by atoms with Crippen LogP contribution in [0.4, 0.5) is 0 Å². The number of pyridine rings is 1. The zero-order valence-corrected chi connectivity index (χ0v) is 47.0. The number of aromatic nitrogens is 5. The van der Waals surface area contributed by atoms with Crippen LogP contribution in [0.2, 0.25) is 0 Å². The van der Waals surface area contributed by atoms with Crippen molar-refractivity contribution in [3.05, 3.63) is 241 Å². The van der Waals surface area contributed by atoms with Crippen molar-refractivity contribution < 1.29 is 21.1 Å². The van der Waals surface area contributed by atoms with Crippen molar-refractivity contribution in [2.24, 2.45) is 0 Å². The molecule has 0 spiro atoms. The van der Waals surface area contributed by atoms with Crippen molar-refractivity contribution in [2.75, 3.05) is 0 Å². The Morgan fingerprint density at radius 1 is 0.442 bits per heavy atom. The molecule has 13 rings (SSSR count). The van der Waals surface area contributed by atoms with E-state index in [1.54, 1.807) is 0 Å². The average Bonchev–Trinajstić information content (AvgIpc) is 4.17. The van der Waals surface area contributed by atoms with Crippen LogP contribution in [0.1, 0.15) is 77.6 Å². The molecule has 4 heterocycles. The molecule has 0 bridgehead atoms. The van der Waals surface area contributed by atoms with Gasteiger partial charge in [-0.05, 0) is 126 Å². The van der Waals surface area contributed by atoms with Crippen molar-refractivity contribution in [2.45, 2.75) is 71.6 Å². The molecule has 0 fully saturated rings. The van der Waals surface area contributed by atoms with E-state index in [-0.39, 0.29) is 37.3 Å². The van der Waals surface area contributed by atoms with Crippen LogP contribution < -0.4 is 4.98 Å². The molecule has 6 heteroatoms. The Balaban J connectivity index is 0.00000596. The fourth-order valence-electron chi connectivity index (χ4n) is 11.3. The molecule has 0 atom stereocenters. The molecule has 0 radical (unpaired) electrons. The summed E-state index contributed by atoms with van der Waals surface area (Å²) in [6.07, 6.45) is 1.94. The van der Waals surface area contributed by atoms with Gasteiger partial charge in [-0.1, -0.05) is 212 Å². The van der Waals surface area contributed by atoms with Gasteiger partial charge in [-0.2, -0.15) is 0 Å². The molecule has 9 aromatic carbocycles. The van der Waals surface area contributed by atoms with Crippen LogP contribution in [0, 0.1) is 6.07 Å². The third-order valence-electron chi connectivity index (χ3n) is 15.8. The van der Waals surface area contributed by atoms with Crippen LogP contribution in [0.25, 0.3) is 111 Å². The third-order valence-corrected chi connectivity index (χ3v) is 15.8. The molecule has 4 aromatic heterocycles. The molecule has 0 saturated carbocycles. The SMILES string of the molecule is CC(C)(C)c1ccnc(-n2c3[c-]c(-c4cccc5c4nc(-c4cc(-c6ccccc6)cc6c4[n-]c4ccc(C(C)(C)C)cc46)n5-c4cccc(C(C)(C)c5ccccc5)c4)ccc3c3cc(-c4ccccc4)ccc32)c1.[Pt+2]. The Kier molecular flexibility index (Phi) is 12.2. The number of rotatable bonds is 8. The first kappa shape index (κ1) is 49.7.